The fraction of sp³-hybridized carbons (Fsp3) is 0.192. The number of aliphatic imine (C=N–C) groups is 1. The summed E-state index contributed by atoms with van der Waals surface area (Å²) in [5.41, 5.74) is 1.14. The number of allylic oxidation sites excluding steroid dienone is 1. The number of carbonyl (C=O) groups excluding carboxylic acids is 2. The van der Waals surface area contributed by atoms with E-state index in [4.69, 9.17) is 5.73 Å². The molecule has 38 heavy (non-hydrogen) atoms. The summed E-state index contributed by atoms with van der Waals surface area (Å²) < 4.78 is 58.0. The number of nitrogens with two attached hydrogens (primary N) is 1. The van der Waals surface area contributed by atoms with E-state index < -0.39 is 47.1 Å². The Bertz CT molecular complexity index is 1370. The van der Waals surface area contributed by atoms with E-state index in [1.807, 2.05) is 0 Å². The van der Waals surface area contributed by atoms with Gasteiger partial charge in [0, 0.05) is 48.5 Å². The zero-order valence-electron chi connectivity index (χ0n) is 20.2. The van der Waals surface area contributed by atoms with Crippen molar-refractivity contribution in [2.75, 3.05) is 18.9 Å². The first-order chi connectivity index (χ1) is 17.9. The minimum atomic E-state index is -5.21. The fourth-order valence-electron chi connectivity index (χ4n) is 3.78. The third kappa shape index (κ3) is 5.92. The molecule has 0 aliphatic heterocycles. The van der Waals surface area contributed by atoms with E-state index in [9.17, 15) is 32.3 Å². The maximum absolute atomic E-state index is 14.5. The maximum Gasteiger partial charge on any atom is 0.425 e. The van der Waals surface area contributed by atoms with E-state index in [2.05, 4.69) is 22.2 Å². The van der Waals surface area contributed by atoms with Crippen LogP contribution in [0.4, 0.5) is 28.9 Å². The number of nitrogens with one attached hydrogen (secondary N) is 2. The Hall–Kier alpha value is -4.45. The van der Waals surface area contributed by atoms with Gasteiger partial charge >= 0.3 is 6.18 Å². The quantitative estimate of drug-likeness (QED) is 0.181. The number of hydrogen-bond acceptors (Lipinski definition) is 5. The van der Waals surface area contributed by atoms with E-state index in [-0.39, 0.29) is 17.8 Å². The molecule has 0 bridgehead atoms. The standard InChI is InChI=1S/C26H25F4N5O3/c1-3-10-35-15-18(12-22(35)24(37)33-14-23(31)36)25(38,26(28,29)30)17-4-9-21(16(11-17)13-32-2)34-20-7-5-19(27)6-8-20/h3-9,11-13,15,34,38H,1,10,14H2,2H3,(H2,31,36)(H,33,37)/b32-13-. The number of aromatic nitrogens is 1. The summed E-state index contributed by atoms with van der Waals surface area (Å²) in [5.74, 6) is -2.16. The number of rotatable bonds is 10. The van der Waals surface area contributed by atoms with Gasteiger partial charge in [-0.25, -0.2) is 4.39 Å². The number of alkyl halides is 3. The molecule has 2 amide bonds. The molecule has 0 radical (unpaired) electrons. The number of hydrogen-bond donors (Lipinski definition) is 4. The molecule has 2 aromatic carbocycles. The molecule has 3 rings (SSSR count). The molecule has 3 aromatic rings. The predicted molar refractivity (Wildman–Crippen MR) is 135 cm³/mol. The van der Waals surface area contributed by atoms with Crippen molar-refractivity contribution in [1.29, 1.82) is 0 Å². The van der Waals surface area contributed by atoms with E-state index >= 15 is 0 Å². The Kier molecular flexibility index (Phi) is 8.36. The van der Waals surface area contributed by atoms with Gasteiger partial charge in [-0.1, -0.05) is 12.1 Å². The van der Waals surface area contributed by atoms with Gasteiger partial charge in [0.1, 0.15) is 11.5 Å². The third-order valence-corrected chi connectivity index (χ3v) is 5.57. The van der Waals surface area contributed by atoms with Crippen LogP contribution in [-0.2, 0) is 16.9 Å². The average molecular weight is 532 g/mol. The van der Waals surface area contributed by atoms with Crippen LogP contribution < -0.4 is 16.4 Å². The molecule has 0 fully saturated rings. The molecule has 1 aromatic heterocycles. The molecule has 1 heterocycles. The van der Waals surface area contributed by atoms with Gasteiger partial charge in [0.15, 0.2) is 0 Å². The predicted octanol–water partition coefficient (Wildman–Crippen LogP) is 3.62. The van der Waals surface area contributed by atoms with Crippen molar-refractivity contribution in [3.8, 4) is 0 Å². The van der Waals surface area contributed by atoms with Crippen LogP contribution in [0.25, 0.3) is 0 Å². The Labute approximate surface area is 215 Å². The largest absolute Gasteiger partial charge is 0.425 e. The zero-order valence-corrected chi connectivity index (χ0v) is 20.2. The first-order valence-corrected chi connectivity index (χ1v) is 11.2. The van der Waals surface area contributed by atoms with Crippen LogP contribution in [0.15, 0.2) is 72.4 Å². The first kappa shape index (κ1) is 28.1. The third-order valence-electron chi connectivity index (χ3n) is 5.57. The molecule has 0 saturated carbocycles. The molecule has 5 N–H and O–H groups in total. The van der Waals surface area contributed by atoms with Gasteiger partial charge in [0.2, 0.25) is 11.5 Å². The van der Waals surface area contributed by atoms with E-state index in [0.717, 1.165) is 29.0 Å². The molecule has 8 nitrogen and oxygen atoms in total. The lowest BCUT2D eigenvalue weighted by Crippen LogP contribution is -2.43. The summed E-state index contributed by atoms with van der Waals surface area (Å²) in [7, 11) is 1.43. The highest BCUT2D eigenvalue weighted by molar-refractivity contribution is 5.95. The second-order valence-corrected chi connectivity index (χ2v) is 8.23. The average Bonchev–Trinajstić information content (AvgIpc) is 3.28. The van der Waals surface area contributed by atoms with E-state index in [1.54, 1.807) is 0 Å². The van der Waals surface area contributed by atoms with Gasteiger partial charge in [0.25, 0.3) is 5.91 Å². The lowest BCUT2D eigenvalue weighted by molar-refractivity contribution is -0.248. The van der Waals surface area contributed by atoms with Gasteiger partial charge in [0.05, 0.1) is 6.54 Å². The lowest BCUT2D eigenvalue weighted by atomic mass is 9.86. The number of amides is 2. The van der Waals surface area contributed by atoms with Crippen molar-refractivity contribution in [3.05, 3.63) is 95.6 Å². The highest BCUT2D eigenvalue weighted by Gasteiger charge is 2.57. The van der Waals surface area contributed by atoms with Gasteiger partial charge in [-0.15, -0.1) is 6.58 Å². The molecular formula is C26H25F4N5O3. The van der Waals surface area contributed by atoms with Crippen LogP contribution in [0.5, 0.6) is 0 Å². The first-order valence-electron chi connectivity index (χ1n) is 11.2. The number of halogens is 4. The summed E-state index contributed by atoms with van der Waals surface area (Å²) in [6.07, 6.45) is -1.56. The molecule has 200 valence electrons. The van der Waals surface area contributed by atoms with Gasteiger partial charge < -0.3 is 26.0 Å². The summed E-state index contributed by atoms with van der Waals surface area (Å²) in [5, 5.41) is 16.4. The van der Waals surface area contributed by atoms with Gasteiger partial charge in [-0.05, 0) is 48.0 Å². The molecule has 12 heteroatoms. The van der Waals surface area contributed by atoms with Crippen LogP contribution in [-0.4, -0.2) is 47.5 Å². The normalized spacial score (nSPS) is 13.2. The van der Waals surface area contributed by atoms with Crippen LogP contribution in [0.1, 0.15) is 27.2 Å². The maximum atomic E-state index is 14.5. The topological polar surface area (TPSA) is 122 Å². The molecule has 1 atom stereocenters. The van der Waals surface area contributed by atoms with Gasteiger partial charge in [-0.2, -0.15) is 13.2 Å². The Morgan fingerprint density at radius 1 is 1.13 bits per heavy atom. The Morgan fingerprint density at radius 3 is 2.39 bits per heavy atom. The summed E-state index contributed by atoms with van der Waals surface area (Å²) in [4.78, 5) is 27.5. The van der Waals surface area contributed by atoms with Gasteiger partial charge in [-0.3, -0.25) is 14.6 Å². The van der Waals surface area contributed by atoms with Crippen LogP contribution in [0, 0.1) is 5.82 Å². The minimum Gasteiger partial charge on any atom is -0.372 e. The second kappa shape index (κ2) is 11.3. The number of anilines is 2. The molecular weight excluding hydrogens is 506 g/mol. The van der Waals surface area contributed by atoms with Crippen molar-refractivity contribution < 1.29 is 32.3 Å². The highest BCUT2D eigenvalue weighted by Crippen LogP contribution is 2.45. The molecule has 0 aliphatic rings. The van der Waals surface area contributed by atoms with Crippen molar-refractivity contribution in [2.24, 2.45) is 10.7 Å². The monoisotopic (exact) mass is 531 g/mol. The van der Waals surface area contributed by atoms with Crippen molar-refractivity contribution in [3.63, 3.8) is 0 Å². The highest BCUT2D eigenvalue weighted by atomic mass is 19.4. The smallest absolute Gasteiger partial charge is 0.372 e. The number of benzene rings is 2. The summed E-state index contributed by atoms with van der Waals surface area (Å²) >= 11 is 0. The number of carbonyl (C=O) groups is 2. The second-order valence-electron chi connectivity index (χ2n) is 8.23. The lowest BCUT2D eigenvalue weighted by Gasteiger charge is -2.31. The van der Waals surface area contributed by atoms with Crippen LogP contribution in [0.3, 0.4) is 0 Å². The summed E-state index contributed by atoms with van der Waals surface area (Å²) in [6.45, 7) is 2.95. The molecule has 0 aliphatic carbocycles. The van der Waals surface area contributed by atoms with E-state index in [0.29, 0.717) is 11.4 Å². The molecule has 1 unspecified atom stereocenters. The molecule has 0 spiro atoms. The fourth-order valence-corrected chi connectivity index (χ4v) is 3.78. The van der Waals surface area contributed by atoms with Crippen molar-refractivity contribution in [2.45, 2.75) is 18.3 Å². The number of primary amides is 1. The Balaban J connectivity index is 2.12. The van der Waals surface area contributed by atoms with Crippen LogP contribution in [0.2, 0.25) is 0 Å². The van der Waals surface area contributed by atoms with Crippen molar-refractivity contribution in [1.82, 2.24) is 9.88 Å². The number of aliphatic hydroxyl groups is 1. The van der Waals surface area contributed by atoms with Crippen LogP contribution >= 0.6 is 0 Å². The Morgan fingerprint density at radius 2 is 1.82 bits per heavy atom. The number of nitrogens with zero attached hydrogens (tertiary/aromatic N) is 2. The molecule has 0 saturated heterocycles. The minimum absolute atomic E-state index is 0.0540. The SMILES string of the molecule is C=CCn1cc(C(O)(c2ccc(Nc3ccc(F)cc3)c(/C=N\C)c2)C(F)(F)F)cc1C(=O)NCC(N)=O. The van der Waals surface area contributed by atoms with Crippen molar-refractivity contribution >= 4 is 29.4 Å². The zero-order chi connectivity index (χ0) is 28.1. The van der Waals surface area contributed by atoms with E-state index in [1.165, 1.54) is 49.7 Å². The summed E-state index contributed by atoms with van der Waals surface area (Å²) in [6, 6.07) is 9.77.